The summed E-state index contributed by atoms with van der Waals surface area (Å²) in [5.41, 5.74) is 3.82. The van der Waals surface area contributed by atoms with Crippen molar-refractivity contribution in [2.75, 3.05) is 32.7 Å². The Morgan fingerprint density at radius 2 is 1.81 bits per heavy atom. The lowest BCUT2D eigenvalue weighted by atomic mass is 10.2. The van der Waals surface area contributed by atoms with Crippen molar-refractivity contribution in [2.24, 2.45) is 0 Å². The first-order chi connectivity index (χ1) is 15.4. The molecule has 1 fully saturated rings. The summed E-state index contributed by atoms with van der Waals surface area (Å²) < 4.78 is 29.6. The Balaban J connectivity index is 1.25. The van der Waals surface area contributed by atoms with Gasteiger partial charge >= 0.3 is 6.03 Å². The number of aryl methyl sites for hydroxylation is 3. The van der Waals surface area contributed by atoms with Crippen molar-refractivity contribution in [3.05, 3.63) is 59.9 Å². The highest BCUT2D eigenvalue weighted by Gasteiger charge is 2.30. The Kier molecular flexibility index (Phi) is 6.48. The molecule has 0 unspecified atom stereocenters. The molecule has 1 saturated heterocycles. The van der Waals surface area contributed by atoms with Gasteiger partial charge in [0.25, 0.3) is 0 Å². The van der Waals surface area contributed by atoms with Gasteiger partial charge in [0, 0.05) is 39.3 Å². The molecular formula is C23H29N5O3S. The second-order valence-electron chi connectivity index (χ2n) is 8.17. The maximum atomic E-state index is 13.0. The average Bonchev–Trinajstić information content (AvgIpc) is 3.19. The third-order valence-corrected chi connectivity index (χ3v) is 7.91. The molecule has 1 aromatic heterocycles. The second-order valence-corrected chi connectivity index (χ2v) is 10.1. The van der Waals surface area contributed by atoms with Crippen molar-refractivity contribution in [3.63, 3.8) is 0 Å². The zero-order valence-corrected chi connectivity index (χ0v) is 19.3. The molecule has 1 N–H and O–H groups in total. The van der Waals surface area contributed by atoms with Crippen LogP contribution in [0.15, 0.2) is 53.7 Å². The molecule has 2 amide bonds. The number of aromatic nitrogens is 2. The largest absolute Gasteiger partial charge is 0.338 e. The van der Waals surface area contributed by atoms with Crippen LogP contribution in [0, 0.1) is 13.8 Å². The zero-order valence-electron chi connectivity index (χ0n) is 18.5. The molecular weight excluding hydrogens is 426 g/mol. The summed E-state index contributed by atoms with van der Waals surface area (Å²) in [4.78, 5) is 18.9. The first-order valence-corrected chi connectivity index (χ1v) is 12.3. The molecule has 8 nitrogen and oxygen atoms in total. The normalized spacial score (nSPS) is 15.2. The Hall–Kier alpha value is -2.91. The van der Waals surface area contributed by atoms with E-state index < -0.39 is 10.0 Å². The molecule has 2 aromatic carbocycles. The van der Waals surface area contributed by atoms with Crippen molar-refractivity contribution < 1.29 is 13.2 Å². The van der Waals surface area contributed by atoms with E-state index in [1.54, 1.807) is 11.0 Å². The SMILES string of the molecule is Cc1ccc(S(=O)(=O)N2CCN(C(=O)NCCCn3cnc4ccccc43)CC2)c(C)c1. The van der Waals surface area contributed by atoms with Crippen molar-refractivity contribution in [3.8, 4) is 0 Å². The van der Waals surface area contributed by atoms with Gasteiger partial charge in [0.15, 0.2) is 0 Å². The van der Waals surface area contributed by atoms with Crippen molar-refractivity contribution in [1.29, 1.82) is 0 Å². The van der Waals surface area contributed by atoms with Gasteiger partial charge in [-0.15, -0.1) is 0 Å². The van der Waals surface area contributed by atoms with Gasteiger partial charge in [-0.05, 0) is 44.0 Å². The van der Waals surface area contributed by atoms with Gasteiger partial charge in [-0.3, -0.25) is 0 Å². The van der Waals surface area contributed by atoms with Crippen LogP contribution >= 0.6 is 0 Å². The molecule has 9 heteroatoms. The molecule has 1 aliphatic rings. The first kappa shape index (κ1) is 22.3. The van der Waals surface area contributed by atoms with Gasteiger partial charge in [0.1, 0.15) is 0 Å². The minimum absolute atomic E-state index is 0.149. The van der Waals surface area contributed by atoms with Crippen molar-refractivity contribution >= 4 is 27.1 Å². The number of sulfonamides is 1. The number of benzene rings is 2. The number of carbonyl (C=O) groups excluding carboxylic acids is 1. The zero-order chi connectivity index (χ0) is 22.7. The average molecular weight is 456 g/mol. The van der Waals surface area contributed by atoms with Crippen LogP contribution in [0.5, 0.6) is 0 Å². The Labute approximate surface area is 188 Å². The quantitative estimate of drug-likeness (QED) is 0.579. The third-order valence-electron chi connectivity index (χ3n) is 5.85. The summed E-state index contributed by atoms with van der Waals surface area (Å²) in [6, 6.07) is 13.2. The number of rotatable bonds is 6. The predicted octanol–water partition coefficient (Wildman–Crippen LogP) is 2.76. The summed E-state index contributed by atoms with van der Waals surface area (Å²) in [6.45, 7) is 6.42. The van der Waals surface area contributed by atoms with E-state index in [0.29, 0.717) is 37.6 Å². The fourth-order valence-electron chi connectivity index (χ4n) is 4.10. The molecule has 0 radical (unpaired) electrons. The number of imidazole rings is 1. The van der Waals surface area contributed by atoms with Crippen LogP contribution in [0.25, 0.3) is 11.0 Å². The van der Waals surface area contributed by atoms with E-state index in [-0.39, 0.29) is 6.03 Å². The van der Waals surface area contributed by atoms with Crippen LogP contribution in [-0.2, 0) is 16.6 Å². The highest BCUT2D eigenvalue weighted by Crippen LogP contribution is 2.22. The highest BCUT2D eigenvalue weighted by atomic mass is 32.2. The molecule has 0 saturated carbocycles. The molecule has 0 bridgehead atoms. The number of urea groups is 1. The second kappa shape index (κ2) is 9.30. The van der Waals surface area contributed by atoms with Crippen LogP contribution in [0.1, 0.15) is 17.5 Å². The maximum Gasteiger partial charge on any atom is 0.317 e. The smallest absolute Gasteiger partial charge is 0.317 e. The minimum atomic E-state index is -3.56. The van der Waals surface area contributed by atoms with E-state index in [1.165, 1.54) is 4.31 Å². The van der Waals surface area contributed by atoms with Gasteiger partial charge in [0.05, 0.1) is 22.3 Å². The van der Waals surface area contributed by atoms with E-state index in [9.17, 15) is 13.2 Å². The van der Waals surface area contributed by atoms with Crippen molar-refractivity contribution in [2.45, 2.75) is 31.7 Å². The molecule has 1 aliphatic heterocycles. The van der Waals surface area contributed by atoms with Gasteiger partial charge in [0.2, 0.25) is 10.0 Å². The van der Waals surface area contributed by atoms with E-state index in [4.69, 9.17) is 0 Å². The predicted molar refractivity (Wildman–Crippen MR) is 124 cm³/mol. The highest BCUT2D eigenvalue weighted by molar-refractivity contribution is 7.89. The lowest BCUT2D eigenvalue weighted by Gasteiger charge is -2.34. The van der Waals surface area contributed by atoms with E-state index >= 15 is 0 Å². The van der Waals surface area contributed by atoms with Crippen LogP contribution in [-0.4, -0.2) is 65.9 Å². The van der Waals surface area contributed by atoms with Gasteiger partial charge in [-0.1, -0.05) is 29.8 Å². The number of para-hydroxylation sites is 2. The summed E-state index contributed by atoms with van der Waals surface area (Å²) in [7, 11) is -3.56. The summed E-state index contributed by atoms with van der Waals surface area (Å²) in [5, 5.41) is 2.95. The summed E-state index contributed by atoms with van der Waals surface area (Å²) in [6.07, 6.45) is 2.61. The van der Waals surface area contributed by atoms with Gasteiger partial charge in [-0.2, -0.15) is 4.31 Å². The van der Waals surface area contributed by atoms with Gasteiger partial charge < -0.3 is 14.8 Å². The number of piperazine rings is 1. The molecule has 170 valence electrons. The topological polar surface area (TPSA) is 87.5 Å². The third kappa shape index (κ3) is 4.63. The number of amides is 2. The number of nitrogens with one attached hydrogen (secondary N) is 1. The van der Waals surface area contributed by atoms with Crippen molar-refractivity contribution in [1.82, 2.24) is 24.1 Å². The van der Waals surface area contributed by atoms with Crippen LogP contribution in [0.2, 0.25) is 0 Å². The van der Waals surface area contributed by atoms with Crippen LogP contribution < -0.4 is 5.32 Å². The molecule has 3 aromatic rings. The fourth-order valence-corrected chi connectivity index (χ4v) is 5.73. The lowest BCUT2D eigenvalue weighted by Crippen LogP contribution is -2.53. The number of nitrogens with zero attached hydrogens (tertiary/aromatic N) is 4. The molecule has 2 heterocycles. The Bertz CT molecular complexity index is 1210. The number of hydrogen-bond donors (Lipinski definition) is 1. The molecule has 4 rings (SSSR count). The number of hydrogen-bond acceptors (Lipinski definition) is 4. The Morgan fingerprint density at radius 3 is 2.56 bits per heavy atom. The van der Waals surface area contributed by atoms with Gasteiger partial charge in [-0.25, -0.2) is 18.2 Å². The molecule has 0 aliphatic carbocycles. The van der Waals surface area contributed by atoms with E-state index in [1.807, 2.05) is 56.6 Å². The fraction of sp³-hybridized carbons (Fsp3) is 0.391. The Morgan fingerprint density at radius 1 is 1.06 bits per heavy atom. The summed E-state index contributed by atoms with van der Waals surface area (Å²) in [5.74, 6) is 0. The van der Waals surface area contributed by atoms with E-state index in [0.717, 1.165) is 35.1 Å². The first-order valence-electron chi connectivity index (χ1n) is 10.9. The standard InChI is InChI=1S/C23H29N5O3S/c1-18-8-9-22(19(2)16-18)32(30,31)28-14-12-26(13-15-28)23(29)24-10-5-11-27-17-25-20-6-3-4-7-21(20)27/h3-4,6-9,16-17H,5,10-15H2,1-2H3,(H,24,29). The number of carbonyl (C=O) groups is 1. The number of fused-ring (bicyclic) bond motifs is 1. The molecule has 32 heavy (non-hydrogen) atoms. The van der Waals surface area contributed by atoms with E-state index in [2.05, 4.69) is 14.9 Å². The molecule has 0 spiro atoms. The molecule has 0 atom stereocenters. The minimum Gasteiger partial charge on any atom is -0.338 e. The lowest BCUT2D eigenvalue weighted by molar-refractivity contribution is 0.172. The van der Waals surface area contributed by atoms with Crippen LogP contribution in [0.3, 0.4) is 0 Å². The summed E-state index contributed by atoms with van der Waals surface area (Å²) >= 11 is 0. The van der Waals surface area contributed by atoms with Crippen LogP contribution in [0.4, 0.5) is 4.79 Å². The maximum absolute atomic E-state index is 13.0. The monoisotopic (exact) mass is 455 g/mol.